The molecule has 1 aliphatic rings. The van der Waals surface area contributed by atoms with Gasteiger partial charge in [-0.25, -0.2) is 16.8 Å². The molecule has 0 radical (unpaired) electrons. The summed E-state index contributed by atoms with van der Waals surface area (Å²) in [4.78, 5) is 0.0353. The standard InChI is InChI=1S/C16H16Cl2N2O4S2/c17-13-5-1-3-7-15(13)25(21,22)19-9-11-20(12-10-19)26(23,24)16-8-4-2-6-14(16)18/h1-8H,9-12H2. The Kier molecular flexibility index (Phi) is 5.62. The van der Waals surface area contributed by atoms with Gasteiger partial charge in [0, 0.05) is 26.2 Å². The van der Waals surface area contributed by atoms with Gasteiger partial charge in [0.25, 0.3) is 0 Å². The van der Waals surface area contributed by atoms with E-state index in [1.807, 2.05) is 0 Å². The molecule has 1 heterocycles. The Labute approximate surface area is 163 Å². The molecule has 0 atom stereocenters. The van der Waals surface area contributed by atoms with Crippen LogP contribution < -0.4 is 0 Å². The molecule has 3 rings (SSSR count). The maximum absolute atomic E-state index is 12.7. The quantitative estimate of drug-likeness (QED) is 0.740. The number of hydrogen-bond donors (Lipinski definition) is 0. The molecule has 2 aromatic rings. The van der Waals surface area contributed by atoms with Crippen molar-refractivity contribution in [3.05, 3.63) is 58.6 Å². The Morgan fingerprint density at radius 2 is 0.923 bits per heavy atom. The van der Waals surface area contributed by atoms with Gasteiger partial charge < -0.3 is 0 Å². The zero-order chi connectivity index (χ0) is 18.9. The fourth-order valence-corrected chi connectivity index (χ4v) is 6.57. The van der Waals surface area contributed by atoms with E-state index in [9.17, 15) is 16.8 Å². The van der Waals surface area contributed by atoms with Crippen LogP contribution in [0.15, 0.2) is 58.3 Å². The molecule has 6 nitrogen and oxygen atoms in total. The third-order valence-corrected chi connectivity index (χ3v) is 8.90. The Balaban J connectivity index is 1.80. The van der Waals surface area contributed by atoms with Crippen LogP contribution in [0.25, 0.3) is 0 Å². The molecule has 1 saturated heterocycles. The largest absolute Gasteiger partial charge is 0.244 e. The van der Waals surface area contributed by atoms with Crippen LogP contribution in [0.1, 0.15) is 0 Å². The van der Waals surface area contributed by atoms with Gasteiger partial charge in [0.15, 0.2) is 0 Å². The summed E-state index contributed by atoms with van der Waals surface area (Å²) in [6.07, 6.45) is 0. The maximum atomic E-state index is 12.7. The van der Waals surface area contributed by atoms with Gasteiger partial charge in [0.05, 0.1) is 10.0 Å². The molecule has 10 heteroatoms. The predicted molar refractivity (Wildman–Crippen MR) is 100 cm³/mol. The van der Waals surface area contributed by atoms with Gasteiger partial charge in [-0.2, -0.15) is 8.61 Å². The van der Waals surface area contributed by atoms with Crippen LogP contribution in [-0.4, -0.2) is 51.6 Å². The topological polar surface area (TPSA) is 74.8 Å². The van der Waals surface area contributed by atoms with E-state index in [4.69, 9.17) is 23.2 Å². The van der Waals surface area contributed by atoms with E-state index in [0.29, 0.717) is 0 Å². The van der Waals surface area contributed by atoms with E-state index in [2.05, 4.69) is 0 Å². The van der Waals surface area contributed by atoms with Crippen LogP contribution in [-0.2, 0) is 20.0 Å². The first-order chi connectivity index (χ1) is 12.2. The van der Waals surface area contributed by atoms with Crippen molar-refractivity contribution in [2.75, 3.05) is 26.2 Å². The number of sulfonamides is 2. The van der Waals surface area contributed by atoms with Crippen LogP contribution in [0.5, 0.6) is 0 Å². The number of halogens is 2. The third-order valence-electron chi connectivity index (χ3n) is 4.11. The lowest BCUT2D eigenvalue weighted by Crippen LogP contribution is -2.50. The molecular weight excluding hydrogens is 419 g/mol. The smallest absolute Gasteiger partial charge is 0.207 e. The maximum Gasteiger partial charge on any atom is 0.244 e. The highest BCUT2D eigenvalue weighted by Gasteiger charge is 2.35. The molecule has 1 aliphatic heterocycles. The van der Waals surface area contributed by atoms with Crippen molar-refractivity contribution in [3.63, 3.8) is 0 Å². The highest BCUT2D eigenvalue weighted by atomic mass is 35.5. The van der Waals surface area contributed by atoms with Crippen molar-refractivity contribution >= 4 is 43.2 Å². The lowest BCUT2D eigenvalue weighted by molar-refractivity contribution is 0.273. The monoisotopic (exact) mass is 434 g/mol. The SMILES string of the molecule is O=S(=O)(c1ccccc1Cl)N1CCN(S(=O)(=O)c2ccccc2Cl)CC1. The average Bonchev–Trinajstić information content (AvgIpc) is 2.62. The first-order valence-corrected chi connectivity index (χ1v) is 11.4. The molecule has 2 aromatic carbocycles. The summed E-state index contributed by atoms with van der Waals surface area (Å²) in [5, 5.41) is 0.275. The van der Waals surface area contributed by atoms with Gasteiger partial charge in [0.2, 0.25) is 20.0 Å². The van der Waals surface area contributed by atoms with Crippen molar-refractivity contribution in [1.82, 2.24) is 8.61 Å². The highest BCUT2D eigenvalue weighted by Crippen LogP contribution is 2.28. The molecule has 0 saturated carbocycles. The molecule has 140 valence electrons. The second-order valence-corrected chi connectivity index (χ2v) is 10.3. The summed E-state index contributed by atoms with van der Waals surface area (Å²) in [6, 6.07) is 12.4. The lowest BCUT2D eigenvalue weighted by atomic mass is 10.4. The first-order valence-electron chi connectivity index (χ1n) is 7.74. The summed E-state index contributed by atoms with van der Waals surface area (Å²) in [5.41, 5.74) is 0. The predicted octanol–water partition coefficient (Wildman–Crippen LogP) is 2.69. The van der Waals surface area contributed by atoms with Gasteiger partial charge >= 0.3 is 0 Å². The second-order valence-electron chi connectivity index (χ2n) is 5.67. The molecular formula is C16H16Cl2N2O4S2. The van der Waals surface area contributed by atoms with Crippen LogP contribution in [0.4, 0.5) is 0 Å². The van der Waals surface area contributed by atoms with Crippen LogP contribution in [0.2, 0.25) is 10.0 Å². The van der Waals surface area contributed by atoms with Crippen molar-refractivity contribution in [2.24, 2.45) is 0 Å². The van der Waals surface area contributed by atoms with Crippen LogP contribution in [0.3, 0.4) is 0 Å². The van der Waals surface area contributed by atoms with Gasteiger partial charge in [-0.1, -0.05) is 47.5 Å². The summed E-state index contributed by atoms with van der Waals surface area (Å²) in [5.74, 6) is 0. The van der Waals surface area contributed by atoms with E-state index in [1.165, 1.54) is 32.9 Å². The highest BCUT2D eigenvalue weighted by molar-refractivity contribution is 7.89. The Morgan fingerprint density at radius 1 is 0.615 bits per heavy atom. The minimum Gasteiger partial charge on any atom is -0.207 e. The summed E-state index contributed by atoms with van der Waals surface area (Å²) in [7, 11) is -7.56. The number of rotatable bonds is 4. The van der Waals surface area contributed by atoms with Crippen molar-refractivity contribution in [2.45, 2.75) is 9.79 Å². The van der Waals surface area contributed by atoms with Gasteiger partial charge in [-0.15, -0.1) is 0 Å². The van der Waals surface area contributed by atoms with Gasteiger partial charge in [-0.05, 0) is 24.3 Å². The molecule has 0 N–H and O–H groups in total. The minimum atomic E-state index is -3.78. The zero-order valence-corrected chi connectivity index (χ0v) is 16.7. The van der Waals surface area contributed by atoms with Crippen molar-refractivity contribution in [3.8, 4) is 0 Å². The molecule has 0 aliphatic carbocycles. The molecule has 1 fully saturated rings. The van der Waals surface area contributed by atoms with E-state index in [-0.39, 0.29) is 46.0 Å². The summed E-state index contributed by atoms with van der Waals surface area (Å²) in [6.45, 7) is 0.156. The Morgan fingerprint density at radius 3 is 1.23 bits per heavy atom. The first kappa shape index (κ1) is 19.6. The van der Waals surface area contributed by atoms with Crippen LogP contribution in [0, 0.1) is 0 Å². The summed E-state index contributed by atoms with van der Waals surface area (Å²) < 4.78 is 53.4. The molecule has 0 amide bonds. The number of nitrogens with zero attached hydrogens (tertiary/aromatic N) is 2. The Bertz CT molecular complexity index is 935. The minimum absolute atomic E-state index is 0.0177. The molecule has 0 bridgehead atoms. The fraction of sp³-hybridized carbons (Fsp3) is 0.250. The second kappa shape index (κ2) is 7.46. The van der Waals surface area contributed by atoms with Crippen molar-refractivity contribution in [1.29, 1.82) is 0 Å². The van der Waals surface area contributed by atoms with Gasteiger partial charge in [0.1, 0.15) is 9.79 Å². The zero-order valence-electron chi connectivity index (χ0n) is 13.5. The third kappa shape index (κ3) is 3.62. The van der Waals surface area contributed by atoms with Crippen molar-refractivity contribution < 1.29 is 16.8 Å². The van der Waals surface area contributed by atoms with Crippen LogP contribution >= 0.6 is 23.2 Å². The molecule has 0 unspecified atom stereocenters. The number of benzene rings is 2. The lowest BCUT2D eigenvalue weighted by Gasteiger charge is -2.33. The van der Waals surface area contributed by atoms with Gasteiger partial charge in [-0.3, -0.25) is 0 Å². The molecule has 26 heavy (non-hydrogen) atoms. The Hall–Kier alpha value is -1.16. The number of piperazine rings is 1. The van der Waals surface area contributed by atoms with E-state index < -0.39 is 20.0 Å². The van der Waals surface area contributed by atoms with E-state index in [1.54, 1.807) is 24.3 Å². The summed E-state index contributed by atoms with van der Waals surface area (Å²) >= 11 is 12.0. The molecule has 0 spiro atoms. The average molecular weight is 435 g/mol. The fourth-order valence-electron chi connectivity index (χ4n) is 2.74. The molecule has 0 aromatic heterocycles. The number of hydrogen-bond acceptors (Lipinski definition) is 4. The van der Waals surface area contributed by atoms with E-state index >= 15 is 0 Å². The van der Waals surface area contributed by atoms with E-state index in [0.717, 1.165) is 0 Å². The normalized spacial score (nSPS) is 17.3.